The summed E-state index contributed by atoms with van der Waals surface area (Å²) in [5.74, 6) is 0. The first-order chi connectivity index (χ1) is 5.70. The van der Waals surface area contributed by atoms with E-state index in [0.29, 0.717) is 10.1 Å². The molecule has 0 aromatic heterocycles. The van der Waals surface area contributed by atoms with Gasteiger partial charge in [-0.2, -0.15) is 0 Å². The van der Waals surface area contributed by atoms with Crippen LogP contribution in [0.4, 0.5) is 0 Å². The summed E-state index contributed by atoms with van der Waals surface area (Å²) in [6, 6.07) is 9.45. The summed E-state index contributed by atoms with van der Waals surface area (Å²) in [5.41, 5.74) is 0.870. The van der Waals surface area contributed by atoms with E-state index in [-0.39, 0.29) is 0 Å². The first-order valence-electron chi connectivity index (χ1n) is 3.57. The standard InChI is InChI=1S/C9H10N2S/c1-7(10)12-9(11)8-5-3-2-4-6-8/h2-6,10-11H,1H3. The molecule has 0 aliphatic heterocycles. The Balaban J connectivity index is 2.73. The van der Waals surface area contributed by atoms with E-state index >= 15 is 0 Å². The minimum atomic E-state index is 0.433. The van der Waals surface area contributed by atoms with Crippen LogP contribution >= 0.6 is 11.8 Å². The van der Waals surface area contributed by atoms with Crippen LogP contribution in [0.1, 0.15) is 12.5 Å². The van der Waals surface area contributed by atoms with Gasteiger partial charge in [0.15, 0.2) is 0 Å². The van der Waals surface area contributed by atoms with Gasteiger partial charge in [-0.15, -0.1) is 0 Å². The summed E-state index contributed by atoms with van der Waals surface area (Å²) in [7, 11) is 0. The number of nitrogens with one attached hydrogen (secondary N) is 2. The molecular formula is C9H10N2S. The molecule has 2 N–H and O–H groups in total. The van der Waals surface area contributed by atoms with Crippen LogP contribution in [-0.2, 0) is 0 Å². The molecular weight excluding hydrogens is 168 g/mol. The van der Waals surface area contributed by atoms with Gasteiger partial charge in [0.1, 0.15) is 5.04 Å². The van der Waals surface area contributed by atoms with Crippen molar-refractivity contribution in [2.24, 2.45) is 0 Å². The minimum Gasteiger partial charge on any atom is -0.298 e. The third kappa shape index (κ3) is 2.51. The van der Waals surface area contributed by atoms with Crippen molar-refractivity contribution in [3.63, 3.8) is 0 Å². The van der Waals surface area contributed by atoms with Gasteiger partial charge >= 0.3 is 0 Å². The Bertz CT molecular complexity index is 293. The highest BCUT2D eigenvalue weighted by molar-refractivity contribution is 8.26. The van der Waals surface area contributed by atoms with Crippen molar-refractivity contribution in [3.8, 4) is 0 Å². The SMILES string of the molecule is CC(=N)SC(=N)c1ccccc1. The molecule has 62 valence electrons. The molecule has 0 fully saturated rings. The molecule has 0 saturated heterocycles. The van der Waals surface area contributed by atoms with Crippen LogP contribution in [0, 0.1) is 10.8 Å². The third-order valence-electron chi connectivity index (χ3n) is 1.29. The third-order valence-corrected chi connectivity index (χ3v) is 2.04. The van der Waals surface area contributed by atoms with Crippen molar-refractivity contribution in [1.82, 2.24) is 0 Å². The maximum Gasteiger partial charge on any atom is 0.100 e. The number of rotatable bonds is 1. The first-order valence-corrected chi connectivity index (χ1v) is 4.39. The van der Waals surface area contributed by atoms with Gasteiger partial charge in [-0.05, 0) is 6.92 Å². The van der Waals surface area contributed by atoms with Crippen molar-refractivity contribution in [3.05, 3.63) is 35.9 Å². The molecule has 0 radical (unpaired) electrons. The summed E-state index contributed by atoms with van der Waals surface area (Å²) >= 11 is 1.17. The van der Waals surface area contributed by atoms with E-state index in [1.165, 1.54) is 11.8 Å². The molecule has 0 amide bonds. The summed E-state index contributed by atoms with van der Waals surface area (Å²) in [5, 5.41) is 15.7. The van der Waals surface area contributed by atoms with E-state index in [1.54, 1.807) is 6.92 Å². The lowest BCUT2D eigenvalue weighted by Gasteiger charge is -2.00. The number of thioether (sulfide) groups is 1. The van der Waals surface area contributed by atoms with E-state index < -0.39 is 0 Å². The Morgan fingerprint density at radius 1 is 1.17 bits per heavy atom. The zero-order valence-corrected chi connectivity index (χ0v) is 7.61. The number of hydrogen-bond donors (Lipinski definition) is 2. The van der Waals surface area contributed by atoms with Gasteiger partial charge in [-0.25, -0.2) is 0 Å². The summed E-state index contributed by atoms with van der Waals surface area (Å²) in [4.78, 5) is 0. The second-order valence-corrected chi connectivity index (χ2v) is 3.58. The molecule has 1 rings (SSSR count). The van der Waals surface area contributed by atoms with Crippen LogP contribution in [-0.4, -0.2) is 10.1 Å². The van der Waals surface area contributed by atoms with Gasteiger partial charge in [0.05, 0.1) is 5.04 Å². The fourth-order valence-corrected chi connectivity index (χ4v) is 1.36. The normalized spacial score (nSPS) is 9.42. The van der Waals surface area contributed by atoms with Crippen LogP contribution < -0.4 is 0 Å². The molecule has 0 aliphatic rings. The van der Waals surface area contributed by atoms with Crippen molar-refractivity contribution < 1.29 is 0 Å². The predicted molar refractivity (Wildman–Crippen MR) is 54.3 cm³/mol. The molecule has 0 unspecified atom stereocenters. The maximum absolute atomic E-state index is 7.58. The fourth-order valence-electron chi connectivity index (χ4n) is 0.802. The minimum absolute atomic E-state index is 0.433. The highest BCUT2D eigenvalue weighted by atomic mass is 32.2. The lowest BCUT2D eigenvalue weighted by atomic mass is 10.2. The Labute approximate surface area is 76.0 Å². The van der Waals surface area contributed by atoms with Crippen LogP contribution in [0.15, 0.2) is 30.3 Å². The Kier molecular flexibility index (Phi) is 3.05. The maximum atomic E-state index is 7.58. The summed E-state index contributed by atoms with van der Waals surface area (Å²) in [6.45, 7) is 1.68. The monoisotopic (exact) mass is 178 g/mol. The van der Waals surface area contributed by atoms with Crippen LogP contribution in [0.3, 0.4) is 0 Å². The van der Waals surface area contributed by atoms with E-state index in [9.17, 15) is 0 Å². The van der Waals surface area contributed by atoms with E-state index in [1.807, 2.05) is 30.3 Å². The van der Waals surface area contributed by atoms with Gasteiger partial charge < -0.3 is 0 Å². The van der Waals surface area contributed by atoms with E-state index in [4.69, 9.17) is 10.8 Å². The molecule has 0 atom stereocenters. The van der Waals surface area contributed by atoms with Gasteiger partial charge in [-0.3, -0.25) is 10.8 Å². The summed E-state index contributed by atoms with van der Waals surface area (Å²) < 4.78 is 0. The predicted octanol–water partition coefficient (Wildman–Crippen LogP) is 2.74. The molecule has 0 aliphatic carbocycles. The molecule has 3 heteroatoms. The van der Waals surface area contributed by atoms with Gasteiger partial charge in [0.25, 0.3) is 0 Å². The average Bonchev–Trinajstić information content (AvgIpc) is 2.05. The molecule has 1 aromatic rings. The number of hydrogen-bond acceptors (Lipinski definition) is 3. The largest absolute Gasteiger partial charge is 0.298 e. The van der Waals surface area contributed by atoms with E-state index in [0.717, 1.165) is 5.56 Å². The molecule has 0 heterocycles. The van der Waals surface area contributed by atoms with Crippen molar-refractivity contribution in [1.29, 1.82) is 10.8 Å². The van der Waals surface area contributed by atoms with Crippen LogP contribution in [0.5, 0.6) is 0 Å². The zero-order valence-electron chi connectivity index (χ0n) is 6.79. The molecule has 1 aromatic carbocycles. The lowest BCUT2D eigenvalue weighted by Crippen LogP contribution is -1.95. The quantitative estimate of drug-likeness (QED) is 0.504. The smallest absolute Gasteiger partial charge is 0.100 e. The van der Waals surface area contributed by atoms with Gasteiger partial charge in [0, 0.05) is 5.56 Å². The second kappa shape index (κ2) is 4.07. The molecule has 0 saturated carbocycles. The second-order valence-electron chi connectivity index (χ2n) is 2.35. The molecule has 2 nitrogen and oxygen atoms in total. The zero-order chi connectivity index (χ0) is 8.97. The van der Waals surface area contributed by atoms with Gasteiger partial charge in [0.2, 0.25) is 0 Å². The van der Waals surface area contributed by atoms with Crippen molar-refractivity contribution >= 4 is 21.8 Å². The van der Waals surface area contributed by atoms with Gasteiger partial charge in [-0.1, -0.05) is 42.1 Å². The summed E-state index contributed by atoms with van der Waals surface area (Å²) in [6.07, 6.45) is 0. The van der Waals surface area contributed by atoms with Crippen LogP contribution in [0.25, 0.3) is 0 Å². The highest BCUT2D eigenvalue weighted by Crippen LogP contribution is 2.12. The fraction of sp³-hybridized carbons (Fsp3) is 0.111. The Morgan fingerprint density at radius 3 is 2.25 bits per heavy atom. The number of benzene rings is 1. The average molecular weight is 178 g/mol. The van der Waals surface area contributed by atoms with Crippen molar-refractivity contribution in [2.75, 3.05) is 0 Å². The molecule has 12 heavy (non-hydrogen) atoms. The van der Waals surface area contributed by atoms with Crippen molar-refractivity contribution in [2.45, 2.75) is 6.92 Å². The first kappa shape index (κ1) is 9.00. The Hall–Kier alpha value is -1.09. The van der Waals surface area contributed by atoms with Crippen LogP contribution in [0.2, 0.25) is 0 Å². The molecule has 0 bridgehead atoms. The lowest BCUT2D eigenvalue weighted by molar-refractivity contribution is 1.52. The van der Waals surface area contributed by atoms with E-state index in [2.05, 4.69) is 0 Å². The Morgan fingerprint density at radius 2 is 1.75 bits per heavy atom. The topological polar surface area (TPSA) is 47.7 Å². The molecule has 0 spiro atoms. The highest BCUT2D eigenvalue weighted by Gasteiger charge is 2.01.